The lowest BCUT2D eigenvalue weighted by molar-refractivity contribution is -0.151. The average Bonchev–Trinajstić information content (AvgIpc) is 3.28. The number of esters is 1. The first-order valence-corrected chi connectivity index (χ1v) is 26.3. The molecule has 0 rings (SSSR count). The molecule has 0 bridgehead atoms. The Morgan fingerprint density at radius 3 is 1.30 bits per heavy atom. The van der Waals surface area contributed by atoms with Crippen LogP contribution in [0.3, 0.4) is 0 Å². The van der Waals surface area contributed by atoms with Crippen molar-refractivity contribution in [1.29, 1.82) is 0 Å². The number of nitrogens with one attached hydrogen (secondary N) is 1. The highest BCUT2D eigenvalue weighted by Gasteiger charge is 2.24. The third-order valence-corrected chi connectivity index (χ3v) is 11.5. The minimum Gasteiger partial charge on any atom is -0.462 e. The lowest BCUT2D eigenvalue weighted by Crippen LogP contribution is -2.46. The third kappa shape index (κ3) is 45.4. The maximum atomic E-state index is 13.2. The van der Waals surface area contributed by atoms with Gasteiger partial charge in [-0.25, -0.2) is 0 Å². The van der Waals surface area contributed by atoms with Gasteiger partial charge in [-0.15, -0.1) is 0 Å². The molecule has 0 aliphatic rings. The maximum absolute atomic E-state index is 13.2. The van der Waals surface area contributed by atoms with Gasteiger partial charge in [-0.3, -0.25) is 9.59 Å². The van der Waals surface area contributed by atoms with Gasteiger partial charge >= 0.3 is 5.97 Å². The molecule has 3 N–H and O–H groups in total. The lowest BCUT2D eigenvalue weighted by atomic mass is 10.0. The van der Waals surface area contributed by atoms with E-state index in [9.17, 15) is 19.8 Å². The first-order valence-electron chi connectivity index (χ1n) is 26.3. The molecule has 0 aliphatic carbocycles. The molecular weight excluding hydrogens is 779 g/mol. The molecule has 1 amide bonds. The van der Waals surface area contributed by atoms with Gasteiger partial charge in [0.05, 0.1) is 25.2 Å². The molecular formula is C57H99NO5. The molecule has 6 heteroatoms. The minimum absolute atomic E-state index is 0.0506. The van der Waals surface area contributed by atoms with Gasteiger partial charge in [-0.1, -0.05) is 215 Å². The van der Waals surface area contributed by atoms with Gasteiger partial charge in [0.25, 0.3) is 0 Å². The minimum atomic E-state index is -0.801. The molecule has 0 heterocycles. The number of carbonyl (C=O) groups excluding carboxylic acids is 2. The van der Waals surface area contributed by atoms with E-state index in [1.165, 1.54) is 70.6 Å². The van der Waals surface area contributed by atoms with Crippen LogP contribution in [0.25, 0.3) is 0 Å². The van der Waals surface area contributed by atoms with Crippen LogP contribution < -0.4 is 5.32 Å². The van der Waals surface area contributed by atoms with Crippen molar-refractivity contribution < 1.29 is 24.5 Å². The average molecular weight is 878 g/mol. The largest absolute Gasteiger partial charge is 0.462 e. The van der Waals surface area contributed by atoms with Crippen LogP contribution in [0.4, 0.5) is 0 Å². The topological polar surface area (TPSA) is 95.9 Å². The molecule has 0 aromatic rings. The van der Waals surface area contributed by atoms with E-state index >= 15 is 0 Å². The van der Waals surface area contributed by atoms with E-state index in [2.05, 4.69) is 111 Å². The van der Waals surface area contributed by atoms with E-state index in [1.54, 1.807) is 0 Å². The van der Waals surface area contributed by atoms with Crippen LogP contribution >= 0.6 is 0 Å². The summed E-state index contributed by atoms with van der Waals surface area (Å²) in [7, 11) is 0. The molecule has 0 aromatic heterocycles. The third-order valence-electron chi connectivity index (χ3n) is 11.5. The predicted octanol–water partition coefficient (Wildman–Crippen LogP) is 16.0. The number of hydrogen-bond acceptors (Lipinski definition) is 5. The van der Waals surface area contributed by atoms with Crippen LogP contribution in [0.15, 0.2) is 85.1 Å². The normalized spacial score (nSPS) is 13.9. The zero-order valence-corrected chi connectivity index (χ0v) is 41.2. The molecule has 0 saturated heterocycles. The van der Waals surface area contributed by atoms with Crippen molar-refractivity contribution in [3.63, 3.8) is 0 Å². The summed E-state index contributed by atoms with van der Waals surface area (Å²) >= 11 is 0. The Morgan fingerprint density at radius 1 is 0.476 bits per heavy atom. The number of allylic oxidation sites excluding steroid dienone is 14. The Bertz CT molecular complexity index is 1210. The van der Waals surface area contributed by atoms with Crippen LogP contribution in [0.1, 0.15) is 239 Å². The fourth-order valence-corrected chi connectivity index (χ4v) is 7.55. The fraction of sp³-hybridized carbons (Fsp3) is 0.719. The lowest BCUT2D eigenvalue weighted by Gasteiger charge is -2.24. The summed E-state index contributed by atoms with van der Waals surface area (Å²) in [5.74, 6) is -0.529. The summed E-state index contributed by atoms with van der Waals surface area (Å²) in [6.07, 6.45) is 65.0. The Kier molecular flexibility index (Phi) is 47.7. The number of hydrogen-bond donors (Lipinski definition) is 3. The molecule has 362 valence electrons. The predicted molar refractivity (Wildman–Crippen MR) is 273 cm³/mol. The van der Waals surface area contributed by atoms with Gasteiger partial charge in [-0.05, 0) is 96.3 Å². The van der Waals surface area contributed by atoms with Gasteiger partial charge in [0.15, 0.2) is 0 Å². The zero-order valence-electron chi connectivity index (χ0n) is 41.2. The van der Waals surface area contributed by atoms with Crippen LogP contribution in [-0.2, 0) is 14.3 Å². The van der Waals surface area contributed by atoms with Crippen LogP contribution in [0.5, 0.6) is 0 Å². The van der Waals surface area contributed by atoms with Gasteiger partial charge in [0.1, 0.15) is 6.10 Å². The molecule has 0 fully saturated rings. The second-order valence-electron chi connectivity index (χ2n) is 17.5. The molecule has 0 radical (unpaired) electrons. The number of rotatable bonds is 46. The second-order valence-corrected chi connectivity index (χ2v) is 17.5. The molecule has 3 unspecified atom stereocenters. The number of ether oxygens (including phenoxy) is 1. The molecule has 0 aromatic carbocycles. The van der Waals surface area contributed by atoms with Crippen LogP contribution in [-0.4, -0.2) is 46.9 Å². The Labute approximate surface area is 389 Å². The van der Waals surface area contributed by atoms with Crippen molar-refractivity contribution in [3.8, 4) is 0 Å². The zero-order chi connectivity index (χ0) is 45.9. The van der Waals surface area contributed by atoms with Crippen LogP contribution in [0.2, 0.25) is 0 Å². The first-order chi connectivity index (χ1) is 31.0. The number of unbranched alkanes of at least 4 members (excludes halogenated alkanes) is 20. The first kappa shape index (κ1) is 60.0. The van der Waals surface area contributed by atoms with Gasteiger partial charge in [-0.2, -0.15) is 0 Å². The summed E-state index contributed by atoms with van der Waals surface area (Å²) in [5, 5.41) is 23.8. The highest BCUT2D eigenvalue weighted by molar-refractivity contribution is 5.77. The van der Waals surface area contributed by atoms with E-state index in [1.807, 2.05) is 0 Å². The standard InChI is InChI=1S/C57H99NO5/c1-4-7-10-13-16-19-22-25-26-27-28-29-30-32-35-38-41-44-47-50-57(62)63-53(48-45-42-39-36-33-24-21-18-15-12-9-6-3)51-56(61)58-54(52-59)55(60)49-46-43-40-37-34-31-23-20-17-14-11-8-5-2/h7,9-10,12,16,18-19,21,25-26,28-29,32,35,53-55,59-60H,4-6,8,11,13-15,17,20,22-24,27,30-31,33-34,36-52H2,1-3H3,(H,58,61)/b10-7-,12-9+,19-16-,21-18+,26-25-,29-28-,35-32-. The second kappa shape index (κ2) is 50.0. The SMILES string of the molecule is CC/C=C\C/C=C\C/C=C\C/C=C\C/C=C\CCCCCC(=O)OC(CCCCCCC/C=C/C/C=C/CC)CC(=O)NC(CO)C(O)CCCCCCCCCCCCCCC. The number of amides is 1. The quantitative estimate of drug-likeness (QED) is 0.0322. The summed E-state index contributed by atoms with van der Waals surface area (Å²) in [6.45, 7) is 6.25. The van der Waals surface area contributed by atoms with Gasteiger partial charge in [0, 0.05) is 6.42 Å². The summed E-state index contributed by atoms with van der Waals surface area (Å²) in [6, 6.07) is -0.717. The molecule has 0 aliphatic heterocycles. The summed E-state index contributed by atoms with van der Waals surface area (Å²) < 4.78 is 5.92. The Balaban J connectivity index is 4.62. The van der Waals surface area contributed by atoms with Crippen molar-refractivity contribution >= 4 is 11.9 Å². The monoisotopic (exact) mass is 878 g/mol. The van der Waals surface area contributed by atoms with E-state index in [-0.39, 0.29) is 24.9 Å². The van der Waals surface area contributed by atoms with Crippen molar-refractivity contribution in [1.82, 2.24) is 5.32 Å². The fourth-order valence-electron chi connectivity index (χ4n) is 7.55. The van der Waals surface area contributed by atoms with E-state index in [4.69, 9.17) is 4.74 Å². The molecule has 3 atom stereocenters. The highest BCUT2D eigenvalue weighted by Crippen LogP contribution is 2.17. The number of aliphatic hydroxyl groups excluding tert-OH is 2. The maximum Gasteiger partial charge on any atom is 0.306 e. The van der Waals surface area contributed by atoms with Crippen molar-refractivity contribution in [2.75, 3.05) is 6.61 Å². The molecule has 0 spiro atoms. The van der Waals surface area contributed by atoms with E-state index < -0.39 is 18.2 Å². The number of aliphatic hydroxyl groups is 2. The van der Waals surface area contributed by atoms with Crippen molar-refractivity contribution in [2.45, 2.75) is 257 Å². The van der Waals surface area contributed by atoms with Crippen molar-refractivity contribution in [2.24, 2.45) is 0 Å². The summed E-state index contributed by atoms with van der Waals surface area (Å²) in [4.78, 5) is 26.2. The van der Waals surface area contributed by atoms with Gasteiger partial charge < -0.3 is 20.3 Å². The van der Waals surface area contributed by atoms with Crippen molar-refractivity contribution in [3.05, 3.63) is 85.1 Å². The van der Waals surface area contributed by atoms with Crippen LogP contribution in [0, 0.1) is 0 Å². The van der Waals surface area contributed by atoms with E-state index in [0.717, 1.165) is 122 Å². The summed E-state index contributed by atoms with van der Waals surface area (Å²) in [5.41, 5.74) is 0. The smallest absolute Gasteiger partial charge is 0.306 e. The molecule has 6 nitrogen and oxygen atoms in total. The van der Waals surface area contributed by atoms with Gasteiger partial charge in [0.2, 0.25) is 5.91 Å². The van der Waals surface area contributed by atoms with E-state index in [0.29, 0.717) is 19.3 Å². The Hall–Kier alpha value is -2.96. The highest BCUT2D eigenvalue weighted by atomic mass is 16.5. The number of carbonyl (C=O) groups is 2. The Morgan fingerprint density at radius 2 is 0.857 bits per heavy atom. The molecule has 0 saturated carbocycles. The molecule has 63 heavy (non-hydrogen) atoms.